The first-order chi connectivity index (χ1) is 25.3. The minimum absolute atomic E-state index is 0.568. The molecule has 4 aromatic heterocycles. The molecule has 51 heavy (non-hydrogen) atoms. The summed E-state index contributed by atoms with van der Waals surface area (Å²) in [7, 11) is 0. The lowest BCUT2D eigenvalue weighted by molar-refractivity contribution is 0.669. The smallest absolute Gasteiger partial charge is 0.238 e. The van der Waals surface area contributed by atoms with Gasteiger partial charge in [0.1, 0.15) is 11.2 Å². The molecular formula is C45H26N4OS. The van der Waals surface area contributed by atoms with E-state index in [9.17, 15) is 0 Å². The van der Waals surface area contributed by atoms with Gasteiger partial charge < -0.3 is 4.42 Å². The molecule has 0 N–H and O–H groups in total. The van der Waals surface area contributed by atoms with Crippen LogP contribution in [0.25, 0.3) is 104 Å². The van der Waals surface area contributed by atoms with E-state index in [-0.39, 0.29) is 0 Å². The minimum Gasteiger partial charge on any atom is -0.456 e. The largest absolute Gasteiger partial charge is 0.456 e. The molecule has 0 radical (unpaired) electrons. The number of para-hydroxylation sites is 2. The molecule has 0 saturated heterocycles. The molecule has 0 unspecified atom stereocenters. The Morgan fingerprint density at radius 1 is 0.431 bits per heavy atom. The van der Waals surface area contributed by atoms with Crippen molar-refractivity contribution in [1.29, 1.82) is 0 Å². The summed E-state index contributed by atoms with van der Waals surface area (Å²) in [6.07, 6.45) is 0. The van der Waals surface area contributed by atoms with Gasteiger partial charge in [0, 0.05) is 52.8 Å². The standard InChI is InChI=1S/C45H26N4OS/c1-2-11-27(12-3-1)28-21-23-29(24-22-28)43-46-44(34-16-10-19-38-40(34)33-15-5-8-18-37(33)50-38)48-45(47-43)49-35-17-7-4-14-32(35)41-36(49)26-25-31-30-13-6-9-20-39(30)51-42(31)41/h1-26H. The zero-order valence-corrected chi connectivity index (χ0v) is 27.9. The lowest BCUT2D eigenvalue weighted by Gasteiger charge is -2.12. The SMILES string of the molecule is c1ccc(-c2ccc(-c3nc(-c4cccc5oc6ccccc6c45)nc(-n4c5ccccc5c5c6sc7ccccc7c6ccc54)n3)cc2)cc1. The zero-order chi connectivity index (χ0) is 33.5. The molecule has 238 valence electrons. The fourth-order valence-corrected chi connectivity index (χ4v) is 8.83. The van der Waals surface area contributed by atoms with Crippen molar-refractivity contribution in [2.45, 2.75) is 0 Å². The normalized spacial score (nSPS) is 11.9. The summed E-state index contributed by atoms with van der Waals surface area (Å²) in [4.78, 5) is 15.7. The number of rotatable bonds is 4. The number of aromatic nitrogens is 4. The molecule has 6 heteroatoms. The van der Waals surface area contributed by atoms with E-state index in [0.717, 1.165) is 55.2 Å². The number of nitrogens with zero attached hydrogens (tertiary/aromatic N) is 4. The van der Waals surface area contributed by atoms with Crippen molar-refractivity contribution < 1.29 is 4.42 Å². The van der Waals surface area contributed by atoms with E-state index < -0.39 is 0 Å². The quantitative estimate of drug-likeness (QED) is 0.187. The van der Waals surface area contributed by atoms with Crippen LogP contribution in [0.15, 0.2) is 162 Å². The van der Waals surface area contributed by atoms with Crippen LogP contribution in [0.5, 0.6) is 0 Å². The van der Waals surface area contributed by atoms with Crippen LogP contribution in [0.3, 0.4) is 0 Å². The van der Waals surface area contributed by atoms with Crippen LogP contribution in [0.4, 0.5) is 0 Å². The van der Waals surface area contributed by atoms with Gasteiger partial charge in [-0.1, -0.05) is 127 Å². The molecule has 0 amide bonds. The molecule has 11 rings (SSSR count). The van der Waals surface area contributed by atoms with Crippen LogP contribution < -0.4 is 0 Å². The van der Waals surface area contributed by atoms with Crippen LogP contribution >= 0.6 is 11.3 Å². The molecule has 0 saturated carbocycles. The van der Waals surface area contributed by atoms with Gasteiger partial charge in [0.05, 0.1) is 11.0 Å². The van der Waals surface area contributed by atoms with E-state index in [1.54, 1.807) is 0 Å². The lowest BCUT2D eigenvalue weighted by atomic mass is 10.0. The molecule has 4 heterocycles. The molecule has 5 nitrogen and oxygen atoms in total. The Morgan fingerprint density at radius 2 is 1.12 bits per heavy atom. The molecule has 0 aliphatic carbocycles. The Balaban J connectivity index is 1.20. The average Bonchev–Trinajstić information content (AvgIpc) is 3.88. The van der Waals surface area contributed by atoms with Crippen molar-refractivity contribution in [3.63, 3.8) is 0 Å². The van der Waals surface area contributed by atoms with Crippen LogP contribution in [0.1, 0.15) is 0 Å². The van der Waals surface area contributed by atoms with Gasteiger partial charge in [-0.2, -0.15) is 9.97 Å². The number of furan rings is 1. The van der Waals surface area contributed by atoms with Crippen molar-refractivity contribution in [2.75, 3.05) is 0 Å². The zero-order valence-electron chi connectivity index (χ0n) is 27.1. The summed E-state index contributed by atoms with van der Waals surface area (Å²) in [6, 6.07) is 54.8. The summed E-state index contributed by atoms with van der Waals surface area (Å²) in [5.41, 5.74) is 7.86. The van der Waals surface area contributed by atoms with E-state index in [4.69, 9.17) is 19.4 Å². The molecule has 0 aliphatic rings. The first-order valence-corrected chi connectivity index (χ1v) is 17.8. The Kier molecular flexibility index (Phi) is 6.05. The molecule has 7 aromatic carbocycles. The second-order valence-electron chi connectivity index (χ2n) is 12.8. The number of hydrogen-bond acceptors (Lipinski definition) is 5. The predicted octanol–water partition coefficient (Wildman–Crippen LogP) is 12.2. The van der Waals surface area contributed by atoms with E-state index in [0.29, 0.717) is 17.6 Å². The maximum Gasteiger partial charge on any atom is 0.238 e. The van der Waals surface area contributed by atoms with Crippen LogP contribution in [-0.2, 0) is 0 Å². The second kappa shape index (κ2) is 10.9. The van der Waals surface area contributed by atoms with Crippen LogP contribution in [0.2, 0.25) is 0 Å². The van der Waals surface area contributed by atoms with Gasteiger partial charge in [0.2, 0.25) is 5.95 Å². The Labute approximate surface area is 295 Å². The minimum atomic E-state index is 0.568. The highest BCUT2D eigenvalue weighted by molar-refractivity contribution is 7.26. The summed E-state index contributed by atoms with van der Waals surface area (Å²) in [5, 5.41) is 6.94. The monoisotopic (exact) mass is 670 g/mol. The number of hydrogen-bond donors (Lipinski definition) is 0. The highest BCUT2D eigenvalue weighted by atomic mass is 32.1. The fraction of sp³-hybridized carbons (Fsp3) is 0. The van der Waals surface area contributed by atoms with E-state index >= 15 is 0 Å². The van der Waals surface area contributed by atoms with Crippen molar-refractivity contribution in [3.8, 4) is 39.9 Å². The van der Waals surface area contributed by atoms with Gasteiger partial charge in [0.15, 0.2) is 11.6 Å². The van der Waals surface area contributed by atoms with Crippen molar-refractivity contribution in [2.24, 2.45) is 0 Å². The number of benzene rings is 7. The Morgan fingerprint density at radius 3 is 2.00 bits per heavy atom. The fourth-order valence-electron chi connectivity index (χ4n) is 7.57. The molecule has 0 aliphatic heterocycles. The topological polar surface area (TPSA) is 56.7 Å². The highest BCUT2D eigenvalue weighted by Crippen LogP contribution is 2.43. The van der Waals surface area contributed by atoms with Gasteiger partial charge in [-0.25, -0.2) is 4.98 Å². The number of fused-ring (bicyclic) bond motifs is 10. The highest BCUT2D eigenvalue weighted by Gasteiger charge is 2.22. The lowest BCUT2D eigenvalue weighted by Crippen LogP contribution is -2.06. The molecule has 0 fully saturated rings. The summed E-state index contributed by atoms with van der Waals surface area (Å²) in [5.74, 6) is 1.76. The van der Waals surface area contributed by atoms with Crippen molar-refractivity contribution in [3.05, 3.63) is 158 Å². The first kappa shape index (κ1) is 28.2. The van der Waals surface area contributed by atoms with Crippen LogP contribution in [-0.4, -0.2) is 19.5 Å². The maximum atomic E-state index is 6.29. The first-order valence-electron chi connectivity index (χ1n) is 16.9. The van der Waals surface area contributed by atoms with E-state index in [1.165, 1.54) is 30.9 Å². The predicted molar refractivity (Wildman–Crippen MR) is 211 cm³/mol. The van der Waals surface area contributed by atoms with Crippen molar-refractivity contribution in [1.82, 2.24) is 19.5 Å². The van der Waals surface area contributed by atoms with Gasteiger partial charge >= 0.3 is 0 Å². The second-order valence-corrected chi connectivity index (χ2v) is 13.8. The van der Waals surface area contributed by atoms with E-state index in [2.05, 4.69) is 126 Å². The average molecular weight is 671 g/mol. The third-order valence-electron chi connectivity index (χ3n) is 9.90. The molecule has 0 spiro atoms. The van der Waals surface area contributed by atoms with Gasteiger partial charge in [-0.15, -0.1) is 11.3 Å². The van der Waals surface area contributed by atoms with Crippen LogP contribution in [0, 0.1) is 0 Å². The molecule has 0 bridgehead atoms. The summed E-state index contributed by atoms with van der Waals surface area (Å²) < 4.78 is 11.0. The Hall–Kier alpha value is -6.63. The summed E-state index contributed by atoms with van der Waals surface area (Å²) in [6.45, 7) is 0. The summed E-state index contributed by atoms with van der Waals surface area (Å²) >= 11 is 1.84. The molecule has 0 atom stereocenters. The third kappa shape index (κ3) is 4.30. The third-order valence-corrected chi connectivity index (χ3v) is 11.1. The molecular weight excluding hydrogens is 645 g/mol. The maximum absolute atomic E-state index is 6.29. The van der Waals surface area contributed by atoms with Gasteiger partial charge in [0.25, 0.3) is 0 Å². The van der Waals surface area contributed by atoms with E-state index in [1.807, 2.05) is 47.7 Å². The Bertz CT molecular complexity index is 3140. The number of thiophene rings is 1. The van der Waals surface area contributed by atoms with Crippen molar-refractivity contribution >= 4 is 75.3 Å². The molecule has 11 aromatic rings. The van der Waals surface area contributed by atoms with Gasteiger partial charge in [-0.05, 0) is 41.5 Å². The van der Waals surface area contributed by atoms with Gasteiger partial charge in [-0.3, -0.25) is 4.57 Å².